The summed E-state index contributed by atoms with van der Waals surface area (Å²) in [4.78, 5) is 15.5. The van der Waals surface area contributed by atoms with Gasteiger partial charge in [-0.1, -0.05) is 19.8 Å². The second-order valence-electron chi connectivity index (χ2n) is 7.18. The van der Waals surface area contributed by atoms with Gasteiger partial charge in [0.1, 0.15) is 11.2 Å². The third-order valence-corrected chi connectivity index (χ3v) is 5.27. The predicted octanol–water partition coefficient (Wildman–Crippen LogP) is 3.28. The van der Waals surface area contributed by atoms with Crippen LogP contribution in [-0.2, 0) is 6.42 Å². The van der Waals surface area contributed by atoms with Gasteiger partial charge in [-0.3, -0.25) is 4.90 Å². The van der Waals surface area contributed by atoms with Crippen molar-refractivity contribution in [2.45, 2.75) is 64.0 Å². The van der Waals surface area contributed by atoms with Crippen molar-refractivity contribution < 1.29 is 4.42 Å². The molecule has 1 fully saturated rings. The van der Waals surface area contributed by atoms with Crippen LogP contribution in [-0.4, -0.2) is 22.6 Å². The number of benzene rings is 1. The highest BCUT2D eigenvalue weighted by Gasteiger charge is 2.42. The number of fused-ring (bicyclic) bond motifs is 1. The minimum Gasteiger partial charge on any atom is -0.441 e. The van der Waals surface area contributed by atoms with Crippen molar-refractivity contribution in [3.05, 3.63) is 24.1 Å². The fraction of sp³-hybridized carbons (Fsp3) is 0.526. The maximum atomic E-state index is 6.29. The molecule has 0 saturated heterocycles. The van der Waals surface area contributed by atoms with Crippen molar-refractivity contribution >= 4 is 28.7 Å². The number of oxazole rings is 1. The Morgan fingerprint density at radius 3 is 2.77 bits per heavy atom. The summed E-state index contributed by atoms with van der Waals surface area (Å²) in [6.45, 7) is 2.16. The van der Waals surface area contributed by atoms with E-state index in [0.29, 0.717) is 5.96 Å². The Morgan fingerprint density at radius 2 is 2.00 bits per heavy atom. The maximum Gasteiger partial charge on any atom is 0.220 e. The summed E-state index contributed by atoms with van der Waals surface area (Å²) >= 11 is 0. The Kier molecular flexibility index (Phi) is 4.30. The van der Waals surface area contributed by atoms with Crippen LogP contribution in [0, 0.1) is 0 Å². The van der Waals surface area contributed by atoms with Gasteiger partial charge < -0.3 is 15.9 Å². The molecule has 0 amide bonds. The summed E-state index contributed by atoms with van der Waals surface area (Å²) in [7, 11) is 0. The highest BCUT2D eigenvalue weighted by Crippen LogP contribution is 2.40. The average Bonchev–Trinajstić information content (AvgIpc) is 3.02. The molecule has 4 N–H and O–H groups in total. The number of nitrogens with zero attached hydrogens (tertiary/aromatic N) is 4. The highest BCUT2D eigenvalue weighted by atomic mass is 16.3. The van der Waals surface area contributed by atoms with Crippen LogP contribution < -0.4 is 16.4 Å². The minimum atomic E-state index is -0.438. The van der Waals surface area contributed by atoms with E-state index >= 15 is 0 Å². The molecule has 1 aromatic heterocycles. The number of guanidine groups is 2. The normalized spacial score (nSPS) is 19.7. The molecule has 26 heavy (non-hydrogen) atoms. The maximum absolute atomic E-state index is 6.29. The van der Waals surface area contributed by atoms with Gasteiger partial charge in [-0.2, -0.15) is 4.99 Å². The molecule has 1 saturated carbocycles. The Balaban J connectivity index is 1.73. The summed E-state index contributed by atoms with van der Waals surface area (Å²) in [5, 5.41) is 0. The first-order chi connectivity index (χ1) is 12.6. The van der Waals surface area contributed by atoms with Gasteiger partial charge in [0, 0.05) is 12.5 Å². The molecule has 7 nitrogen and oxygen atoms in total. The molecule has 0 radical (unpaired) electrons. The van der Waals surface area contributed by atoms with Crippen molar-refractivity contribution in [3.8, 4) is 0 Å². The first kappa shape index (κ1) is 16.9. The van der Waals surface area contributed by atoms with E-state index in [2.05, 4.69) is 16.9 Å². The Labute approximate surface area is 153 Å². The van der Waals surface area contributed by atoms with E-state index in [4.69, 9.17) is 20.9 Å². The molecule has 2 aliphatic rings. The second kappa shape index (κ2) is 6.63. The van der Waals surface area contributed by atoms with E-state index < -0.39 is 5.66 Å². The average molecular weight is 354 g/mol. The van der Waals surface area contributed by atoms with Crippen LogP contribution in [0.1, 0.15) is 57.8 Å². The van der Waals surface area contributed by atoms with Gasteiger partial charge in [0.05, 0.1) is 5.69 Å². The molecule has 0 bridgehead atoms. The zero-order chi connectivity index (χ0) is 18.1. The van der Waals surface area contributed by atoms with Crippen LogP contribution in [0.4, 0.5) is 5.69 Å². The summed E-state index contributed by atoms with van der Waals surface area (Å²) < 4.78 is 5.95. The molecule has 0 unspecified atom stereocenters. The zero-order valence-electron chi connectivity index (χ0n) is 15.2. The third kappa shape index (κ3) is 2.91. The SMILES string of the molecule is CCCCc1nc2ccc(N3C(N)=NC(N)=NC34CCCCC4)cc2o1. The van der Waals surface area contributed by atoms with E-state index in [9.17, 15) is 0 Å². The number of aliphatic imine (C=N–C) groups is 2. The van der Waals surface area contributed by atoms with E-state index in [1.165, 1.54) is 6.42 Å². The molecule has 1 aliphatic carbocycles. The molecule has 1 aliphatic heterocycles. The number of rotatable bonds is 4. The number of aromatic nitrogens is 1. The number of aryl methyl sites for hydroxylation is 1. The molecule has 1 spiro atoms. The lowest BCUT2D eigenvalue weighted by Gasteiger charge is -2.45. The molecule has 4 rings (SSSR count). The minimum absolute atomic E-state index is 0.267. The number of hydrogen-bond acceptors (Lipinski definition) is 7. The van der Waals surface area contributed by atoms with Crippen LogP contribution in [0.5, 0.6) is 0 Å². The fourth-order valence-corrected chi connectivity index (χ4v) is 4.03. The molecule has 7 heteroatoms. The highest BCUT2D eigenvalue weighted by molar-refractivity contribution is 6.06. The molecular weight excluding hydrogens is 328 g/mol. The summed E-state index contributed by atoms with van der Waals surface area (Å²) in [6, 6.07) is 5.99. The number of anilines is 1. The first-order valence-corrected chi connectivity index (χ1v) is 9.50. The van der Waals surface area contributed by atoms with Crippen LogP contribution in [0.3, 0.4) is 0 Å². The molecule has 138 valence electrons. The number of unbranched alkanes of at least 4 members (excludes halogenated alkanes) is 1. The largest absolute Gasteiger partial charge is 0.441 e. The lowest BCUT2D eigenvalue weighted by molar-refractivity contribution is 0.305. The monoisotopic (exact) mass is 354 g/mol. The van der Waals surface area contributed by atoms with Crippen LogP contribution in [0.15, 0.2) is 32.6 Å². The van der Waals surface area contributed by atoms with Gasteiger partial charge in [-0.25, -0.2) is 9.98 Å². The van der Waals surface area contributed by atoms with Gasteiger partial charge in [-0.15, -0.1) is 0 Å². The molecule has 2 heterocycles. The van der Waals surface area contributed by atoms with E-state index in [-0.39, 0.29) is 5.96 Å². The standard InChI is InChI=1S/C19H26N6O/c1-2-3-7-16-22-14-9-8-13(12-15(14)26-16)25-18(21)23-17(20)24-19(25)10-5-4-6-11-19/h8-9,12H,2-7,10-11H2,1H3,(H4,20,21,23,24). The Bertz CT molecular complexity index is 862. The lowest BCUT2D eigenvalue weighted by atomic mass is 9.87. The quantitative estimate of drug-likeness (QED) is 0.876. The number of hydrogen-bond donors (Lipinski definition) is 2. The van der Waals surface area contributed by atoms with Crippen molar-refractivity contribution in [3.63, 3.8) is 0 Å². The summed E-state index contributed by atoms with van der Waals surface area (Å²) in [5.41, 5.74) is 14.4. The van der Waals surface area contributed by atoms with Gasteiger partial charge in [0.25, 0.3) is 0 Å². The van der Waals surface area contributed by atoms with E-state index in [1.54, 1.807) is 0 Å². The molecular formula is C19H26N6O. The molecule has 2 aromatic rings. The van der Waals surface area contributed by atoms with Crippen molar-refractivity contribution in [2.24, 2.45) is 21.5 Å². The van der Waals surface area contributed by atoms with Gasteiger partial charge in [-0.05, 0) is 44.2 Å². The molecule has 1 aromatic carbocycles. The van der Waals surface area contributed by atoms with Crippen molar-refractivity contribution in [2.75, 3.05) is 4.90 Å². The first-order valence-electron chi connectivity index (χ1n) is 9.50. The van der Waals surface area contributed by atoms with E-state index in [1.807, 2.05) is 23.1 Å². The second-order valence-corrected chi connectivity index (χ2v) is 7.18. The van der Waals surface area contributed by atoms with Crippen molar-refractivity contribution in [1.29, 1.82) is 0 Å². The van der Waals surface area contributed by atoms with Crippen molar-refractivity contribution in [1.82, 2.24) is 4.98 Å². The van der Waals surface area contributed by atoms with Crippen LogP contribution >= 0.6 is 0 Å². The topological polar surface area (TPSA) is 106 Å². The van der Waals surface area contributed by atoms with Gasteiger partial charge >= 0.3 is 0 Å². The van der Waals surface area contributed by atoms with Gasteiger partial charge in [0.2, 0.25) is 11.9 Å². The Morgan fingerprint density at radius 1 is 1.19 bits per heavy atom. The number of nitrogens with two attached hydrogens (primary N) is 2. The smallest absolute Gasteiger partial charge is 0.220 e. The molecule has 0 atom stereocenters. The summed E-state index contributed by atoms with van der Waals surface area (Å²) in [6.07, 6.45) is 8.30. The predicted molar refractivity (Wildman–Crippen MR) is 104 cm³/mol. The van der Waals surface area contributed by atoms with E-state index in [0.717, 1.165) is 67.6 Å². The zero-order valence-corrected chi connectivity index (χ0v) is 15.2. The third-order valence-electron chi connectivity index (χ3n) is 5.27. The fourth-order valence-electron chi connectivity index (χ4n) is 4.03. The van der Waals surface area contributed by atoms with Gasteiger partial charge in [0.15, 0.2) is 11.5 Å². The summed E-state index contributed by atoms with van der Waals surface area (Å²) in [5.74, 6) is 1.45. The van der Waals surface area contributed by atoms with Crippen LogP contribution in [0.2, 0.25) is 0 Å². The Hall–Kier alpha value is -2.57. The van der Waals surface area contributed by atoms with Crippen LogP contribution in [0.25, 0.3) is 11.1 Å². The lowest BCUT2D eigenvalue weighted by Crippen LogP contribution is -2.58.